The van der Waals surface area contributed by atoms with Crippen molar-refractivity contribution in [3.05, 3.63) is 437 Å². The summed E-state index contributed by atoms with van der Waals surface area (Å²) >= 11 is 6.49. The normalized spacial score (nSPS) is 18.0. The van der Waals surface area contributed by atoms with E-state index in [1.165, 1.54) is 31.2 Å². The molecule has 1 N–H and O–H groups in total. The van der Waals surface area contributed by atoms with Crippen LogP contribution in [0.5, 0.6) is 23.0 Å². The molecule has 0 aliphatic carbocycles. The summed E-state index contributed by atoms with van der Waals surface area (Å²) in [5.74, 6) is -3.39. The number of nitrogens with zero attached hydrogens (tertiary/aromatic N) is 3. The van der Waals surface area contributed by atoms with Crippen molar-refractivity contribution in [1.29, 1.82) is 0 Å². The summed E-state index contributed by atoms with van der Waals surface area (Å²) in [7, 11) is 0. The SMILES string of the molecule is [2H]c1c([2H])c([2H])c(-c2c([2H])c([2H])c([2H])c(N(c3cc(C)cc(Cl)c3)c3c([2H])c([2H])c4oc5c([2H])c(C(C)(C)C)c([2H])c([2H])c5c4c3[2H])c2[2H])c([2H])c1[2H].[2H]c1c([2H])c([2H])c(Oc2c([2H])c([2H])c(N(c3cc(C)cc(N(c4c([2H])c([2H])c([2H])c(-c5c([2H])c([2H])c([2H])c([2H])c5[2H])c4[2H])c4c([2H])c([2H])c5oc6c([2H])c(C(C)(C)C)c([2H])c([2H])c6c5c4[2H])c3)c3c([2H])c([2H])c4c(oc5c([2H])c([2H])c(C(C)(C)C)c([2H])c54)c3[2H])c([2H])c2[2H])c([2H])c1[2H].[2H]c1c([2H])c([2H])c(Oc2c([2H])c([2H])c(Nc3c([2H])c([2H])c4c(oc5c([2H])c([2H])c(C(C)(C)C)c([2H])c54)c3[2H])c([2H])c2[2H])c([2H])c1[2H]. The zero-order valence-corrected chi connectivity index (χ0v) is 75.9. The number of furan rings is 4. The van der Waals surface area contributed by atoms with E-state index >= 15 is 0 Å². The van der Waals surface area contributed by atoms with Gasteiger partial charge in [0.15, 0.2) is 0 Å². The van der Waals surface area contributed by atoms with Crippen LogP contribution in [0.25, 0.3) is 110 Å². The van der Waals surface area contributed by atoms with Gasteiger partial charge in [-0.2, -0.15) is 0 Å². The van der Waals surface area contributed by atoms with Gasteiger partial charge < -0.3 is 47.2 Å². The van der Waals surface area contributed by atoms with Gasteiger partial charge in [-0.3, -0.25) is 0 Å². The van der Waals surface area contributed by atoms with Crippen molar-refractivity contribution in [2.45, 2.75) is 119 Å². The van der Waals surface area contributed by atoms with Gasteiger partial charge in [-0.25, -0.2) is 0 Å². The fourth-order valence-electron chi connectivity index (χ4n) is 14.1. The van der Waals surface area contributed by atoms with E-state index in [2.05, 4.69) is 5.32 Å². The van der Waals surface area contributed by atoms with Crippen molar-refractivity contribution in [2.24, 2.45) is 0 Å². The number of hydrogen-bond acceptors (Lipinski definition) is 10. The summed E-state index contributed by atoms with van der Waals surface area (Å²) < 4.78 is 570. The van der Waals surface area contributed by atoms with E-state index in [0.717, 1.165) is 20.8 Å². The minimum atomic E-state index is -1.12. The lowest BCUT2D eigenvalue weighted by molar-refractivity contribution is 0.482. The van der Waals surface area contributed by atoms with E-state index in [9.17, 15) is 28.8 Å². The molecule has 0 saturated carbocycles. The molecule has 10 nitrogen and oxygen atoms in total. The zero-order valence-electron chi connectivity index (χ0n) is 135. The first kappa shape index (κ1) is 43.7. The number of anilines is 11. The van der Waals surface area contributed by atoms with Crippen LogP contribution in [0.15, 0.2) is 417 Å². The molecule has 0 aliphatic heterocycles. The van der Waals surface area contributed by atoms with E-state index in [1.807, 2.05) is 0 Å². The molecule has 676 valence electrons. The molecule has 0 amide bonds. The van der Waals surface area contributed by atoms with E-state index in [4.69, 9.17) is 92.2 Å². The Morgan fingerprint density at radius 3 is 0.978 bits per heavy atom. The van der Waals surface area contributed by atoms with Gasteiger partial charge in [0.05, 0.1) is 82.2 Å². The van der Waals surface area contributed by atoms with Crippen molar-refractivity contribution in [1.82, 2.24) is 0 Å². The van der Waals surface area contributed by atoms with E-state index in [-0.39, 0.29) is 146 Å². The maximum atomic E-state index is 10.2. The molecular weight excluding hydrogens is 1700 g/mol. The molecular formula is C126H109ClN4O6. The Morgan fingerprint density at radius 1 is 0.234 bits per heavy atom. The number of rotatable bonds is 17. The molecule has 4 aromatic heterocycles. The first-order valence-corrected chi connectivity index (χ1v) is 42.5. The summed E-state index contributed by atoms with van der Waals surface area (Å²) in [5, 5.41) is 0.806. The average molecular weight is 1870 g/mol. The third-order valence-electron chi connectivity index (χ3n) is 20.7. The Kier molecular flexibility index (Phi) is 11.7. The minimum Gasteiger partial charge on any atom is -0.457 e. The minimum absolute atomic E-state index is 0.00197. The molecule has 137 heavy (non-hydrogen) atoms. The number of hydrogen-bond donors (Lipinski definition) is 1. The Hall–Kier alpha value is -15.8. The topological polar surface area (TPSA) is 92.8 Å². The van der Waals surface area contributed by atoms with E-state index < -0.39 is 466 Å². The maximum absolute atomic E-state index is 10.2. The van der Waals surface area contributed by atoms with Gasteiger partial charge in [-0.1, -0.05) is 252 Å². The fraction of sp³-hybridized carbons (Fsp3) is 0.143. The number of ether oxygens (including phenoxy) is 2. The summed E-state index contributed by atoms with van der Waals surface area (Å²) in [6.07, 6.45) is 0. The first-order chi connectivity index (χ1) is 91.1. The quantitative estimate of drug-likeness (QED) is 0.0950. The second-order valence-electron chi connectivity index (χ2n) is 35.0. The van der Waals surface area contributed by atoms with E-state index in [0.29, 0.717) is 5.56 Å². The van der Waals surface area contributed by atoms with Gasteiger partial charge in [0.2, 0.25) is 0 Å². The van der Waals surface area contributed by atoms with Crippen molar-refractivity contribution < 1.29 is 109 Å². The van der Waals surface area contributed by atoms with Crippen molar-refractivity contribution >= 4 is 162 Å². The second-order valence-corrected chi connectivity index (χ2v) is 35.5. The molecule has 0 saturated heterocycles. The Bertz CT molecular complexity index is 12000. The zero-order chi connectivity index (χ0) is 147. The highest BCUT2D eigenvalue weighted by Gasteiger charge is 2.27. The van der Waals surface area contributed by atoms with Crippen LogP contribution in [0, 0.1) is 13.8 Å². The summed E-state index contributed by atoms with van der Waals surface area (Å²) in [5.41, 5.74) is -14.5. The van der Waals surface area contributed by atoms with Crippen LogP contribution in [0.4, 0.5) is 62.6 Å². The Labute approximate surface area is 890 Å². The third-order valence-corrected chi connectivity index (χ3v) is 20.9. The summed E-state index contributed by atoms with van der Waals surface area (Å²) in [6, 6.07) is -37.0. The van der Waals surface area contributed by atoms with Crippen LogP contribution in [0.2, 0.25) is 5.02 Å². The van der Waals surface area contributed by atoms with Gasteiger partial charge in [-0.05, 0) is 321 Å². The predicted octanol–water partition coefficient (Wildman–Crippen LogP) is 38.2. The molecule has 11 heteroatoms. The average Bonchev–Trinajstić information content (AvgIpc) is 1.52. The van der Waals surface area contributed by atoms with E-state index in [1.54, 1.807) is 96.1 Å². The lowest BCUT2D eigenvalue weighted by Gasteiger charge is -2.30. The van der Waals surface area contributed by atoms with Crippen LogP contribution in [0.1, 0.15) is 199 Å². The fourth-order valence-corrected chi connectivity index (χ4v) is 14.3. The number of fused-ring (bicyclic) bond motifs is 12. The molecule has 22 rings (SSSR count). The number of aryl methyl sites for hydroxylation is 2. The largest absolute Gasteiger partial charge is 0.457 e. The predicted molar refractivity (Wildman–Crippen MR) is 575 cm³/mol. The number of nitrogens with one attached hydrogen (secondary N) is 1. The molecule has 0 spiro atoms. The molecule has 0 fully saturated rings. The van der Waals surface area contributed by atoms with Gasteiger partial charge in [0.1, 0.15) is 67.7 Å². The lowest BCUT2D eigenvalue weighted by Crippen LogP contribution is -2.14. The van der Waals surface area contributed by atoms with Crippen LogP contribution >= 0.6 is 11.6 Å². The molecule has 18 aromatic carbocycles. The third kappa shape index (κ3) is 19.2. The highest BCUT2D eigenvalue weighted by molar-refractivity contribution is 6.31. The van der Waals surface area contributed by atoms with Crippen LogP contribution in [-0.4, -0.2) is 0 Å². The van der Waals surface area contributed by atoms with Crippen molar-refractivity contribution in [3.8, 4) is 45.3 Å². The smallest absolute Gasteiger partial charge is 0.137 e. The van der Waals surface area contributed by atoms with Gasteiger partial charge in [-0.15, -0.1) is 0 Å². The number of para-hydroxylation sites is 2. The molecule has 0 aliphatic rings. The standard InChI is InChI=1S/C63H54N2O3.C35H30ClNO.C28H25NO2/c1-41-33-50(64(46-23-27-53(28-24-46)66-52-19-12-9-13-20-52)49-25-30-55-56-36-44(62(2,3)4)22-31-58(56)68-61(55)40-49)38-51(34-41)65(47-18-14-17-43(35-47)42-15-10-8-11-16-42)48-26-32-59-57(39-48)54-29-21-45(63(5,6)7)37-60(54)67-59;1-23-17-27(36)21-30(18-23)37(28-12-8-11-25(19-28)24-9-6-5-7-10-24)29-14-16-33-32(22-29)31-15-13-26(35(2,3)4)20-34(31)38-33;1-28(2,3)19-9-16-26-25(17-19)24-15-12-21(18-27(24)31-26)29-20-10-13-23(14-11-20)30-22-7-5-4-6-8-22/h8-40H,1-7H3;5-22H,1-4H3;4-18,29H,1-3H3/i8D,9D,10D,11D,12D,13D,14D,15D,16D,17D,18D,19D,20D,21D,22D,23D,24D,25D,26D,27D,28D,29D,30D,31D,32D,35D,36D,37D,39D,40D;5D,6D,7D,8D,9D,10D,11D,12D,13D,14D,15D,16D,19D,20D,22D;4D,5D,6D,7D,8D,9D,10D,11D,12D,13D,14D,15D,16D,17D,18D. The first-order valence-electron chi connectivity index (χ1n) is 72.1. The molecule has 0 radical (unpaired) electrons. The summed E-state index contributed by atoms with van der Waals surface area (Å²) in [6.45, 7) is 23.7. The highest BCUT2D eigenvalue weighted by Crippen LogP contribution is 2.49. The number of benzene rings is 18. The molecule has 0 bridgehead atoms. The van der Waals surface area contributed by atoms with Crippen molar-refractivity contribution in [3.63, 3.8) is 0 Å². The van der Waals surface area contributed by atoms with Crippen LogP contribution < -0.4 is 29.5 Å². The summed E-state index contributed by atoms with van der Waals surface area (Å²) in [4.78, 5) is 2.59. The van der Waals surface area contributed by atoms with Crippen molar-refractivity contribution in [2.75, 3.05) is 20.0 Å². The monoisotopic (exact) mass is 1870 g/mol. The van der Waals surface area contributed by atoms with Crippen LogP contribution in [-0.2, 0) is 21.7 Å². The van der Waals surface area contributed by atoms with Gasteiger partial charge >= 0.3 is 0 Å². The molecule has 4 heterocycles. The lowest BCUT2D eigenvalue weighted by atomic mass is 9.86. The number of halogens is 1. The van der Waals surface area contributed by atoms with Gasteiger partial charge in [0.25, 0.3) is 0 Å². The molecule has 22 aromatic rings. The van der Waals surface area contributed by atoms with Gasteiger partial charge in [0, 0.05) is 123 Å². The Morgan fingerprint density at radius 2 is 0.540 bits per heavy atom. The van der Waals surface area contributed by atoms with Crippen LogP contribution in [0.3, 0.4) is 0 Å². The molecule has 0 unspecified atom stereocenters. The Balaban J connectivity index is 0.000000188. The molecule has 0 atom stereocenters. The highest BCUT2D eigenvalue weighted by atomic mass is 35.5. The second kappa shape index (κ2) is 36.6. The maximum Gasteiger partial charge on any atom is 0.137 e.